The van der Waals surface area contributed by atoms with Gasteiger partial charge in [0.15, 0.2) is 11.5 Å². The summed E-state index contributed by atoms with van der Waals surface area (Å²) in [5.74, 6) is 1.37. The molecular formula is C18H20FN3O2. The molecule has 0 bridgehead atoms. The summed E-state index contributed by atoms with van der Waals surface area (Å²) in [5.41, 5.74) is 7.91. The number of ether oxygens (including phenoxy) is 2. The van der Waals surface area contributed by atoms with Gasteiger partial charge >= 0.3 is 0 Å². The summed E-state index contributed by atoms with van der Waals surface area (Å²) < 4.78 is 24.8. The van der Waals surface area contributed by atoms with E-state index in [0.29, 0.717) is 18.2 Å². The number of piperazine rings is 1. The van der Waals surface area contributed by atoms with Gasteiger partial charge in [-0.3, -0.25) is 4.90 Å². The van der Waals surface area contributed by atoms with E-state index in [2.05, 4.69) is 15.9 Å². The maximum atomic E-state index is 14.0. The van der Waals surface area contributed by atoms with Gasteiger partial charge < -0.3 is 20.1 Å². The van der Waals surface area contributed by atoms with E-state index in [1.807, 2.05) is 12.1 Å². The van der Waals surface area contributed by atoms with E-state index in [1.54, 1.807) is 12.1 Å². The lowest BCUT2D eigenvalue weighted by molar-refractivity contribution is 0.174. The van der Waals surface area contributed by atoms with Gasteiger partial charge in [-0.05, 0) is 35.9 Å². The summed E-state index contributed by atoms with van der Waals surface area (Å²) >= 11 is 0. The second-order valence-corrected chi connectivity index (χ2v) is 6.16. The molecule has 2 heterocycles. The molecule has 2 N–H and O–H groups in total. The number of halogens is 1. The Balaban J connectivity index is 1.37. The molecule has 2 aromatic carbocycles. The number of hydrogen-bond donors (Lipinski definition) is 1. The van der Waals surface area contributed by atoms with Crippen molar-refractivity contribution in [1.82, 2.24) is 4.90 Å². The number of benzene rings is 2. The summed E-state index contributed by atoms with van der Waals surface area (Å²) in [7, 11) is 0. The lowest BCUT2D eigenvalue weighted by atomic mass is 10.1. The normalized spacial score (nSPS) is 17.3. The van der Waals surface area contributed by atoms with Gasteiger partial charge in [0.1, 0.15) is 5.82 Å². The number of hydrogen-bond acceptors (Lipinski definition) is 5. The minimum absolute atomic E-state index is 0.251. The van der Waals surface area contributed by atoms with E-state index < -0.39 is 0 Å². The van der Waals surface area contributed by atoms with E-state index in [0.717, 1.165) is 44.2 Å². The molecule has 126 valence electrons. The van der Waals surface area contributed by atoms with Crippen molar-refractivity contribution in [3.63, 3.8) is 0 Å². The highest BCUT2D eigenvalue weighted by Crippen LogP contribution is 2.33. The monoisotopic (exact) mass is 329 g/mol. The van der Waals surface area contributed by atoms with Crippen molar-refractivity contribution in [3.8, 4) is 11.5 Å². The number of nitrogen functional groups attached to an aromatic ring is 1. The first-order valence-corrected chi connectivity index (χ1v) is 8.10. The molecular weight excluding hydrogens is 309 g/mol. The van der Waals surface area contributed by atoms with Crippen molar-refractivity contribution in [2.24, 2.45) is 0 Å². The van der Waals surface area contributed by atoms with Crippen LogP contribution in [0.2, 0.25) is 0 Å². The molecule has 2 aromatic rings. The fraction of sp³-hybridized carbons (Fsp3) is 0.333. The molecule has 0 aliphatic carbocycles. The van der Waals surface area contributed by atoms with Crippen LogP contribution in [0.3, 0.4) is 0 Å². The van der Waals surface area contributed by atoms with Gasteiger partial charge in [-0.1, -0.05) is 6.07 Å². The summed E-state index contributed by atoms with van der Waals surface area (Å²) in [6.45, 7) is 4.52. The smallest absolute Gasteiger partial charge is 0.231 e. The van der Waals surface area contributed by atoms with Gasteiger partial charge in [0.25, 0.3) is 0 Å². The zero-order valence-electron chi connectivity index (χ0n) is 13.4. The van der Waals surface area contributed by atoms with Crippen molar-refractivity contribution < 1.29 is 13.9 Å². The Kier molecular flexibility index (Phi) is 3.90. The van der Waals surface area contributed by atoms with Gasteiger partial charge in [-0.2, -0.15) is 0 Å². The molecule has 1 fully saturated rings. The van der Waals surface area contributed by atoms with Gasteiger partial charge in [-0.15, -0.1) is 0 Å². The minimum atomic E-state index is -0.251. The van der Waals surface area contributed by atoms with Gasteiger partial charge in [-0.25, -0.2) is 4.39 Å². The Morgan fingerprint density at radius 2 is 1.75 bits per heavy atom. The van der Waals surface area contributed by atoms with Crippen molar-refractivity contribution in [2.75, 3.05) is 43.6 Å². The van der Waals surface area contributed by atoms with Crippen LogP contribution in [0.25, 0.3) is 0 Å². The molecule has 0 unspecified atom stereocenters. The number of fused-ring (bicyclic) bond motifs is 1. The van der Waals surface area contributed by atoms with E-state index in [1.165, 1.54) is 11.6 Å². The maximum Gasteiger partial charge on any atom is 0.231 e. The third kappa shape index (κ3) is 2.97. The molecule has 4 rings (SSSR count). The Labute approximate surface area is 140 Å². The second-order valence-electron chi connectivity index (χ2n) is 6.16. The molecule has 0 aromatic heterocycles. The third-order valence-electron chi connectivity index (χ3n) is 4.53. The number of rotatable bonds is 3. The summed E-state index contributed by atoms with van der Waals surface area (Å²) in [6, 6.07) is 11.0. The van der Waals surface area contributed by atoms with Crippen LogP contribution in [0, 0.1) is 5.82 Å². The largest absolute Gasteiger partial charge is 0.454 e. The molecule has 0 radical (unpaired) electrons. The Bertz CT molecular complexity index is 745. The molecule has 2 aliphatic rings. The molecule has 2 aliphatic heterocycles. The maximum absolute atomic E-state index is 14.0. The highest BCUT2D eigenvalue weighted by atomic mass is 19.1. The zero-order chi connectivity index (χ0) is 16.5. The van der Waals surface area contributed by atoms with Gasteiger partial charge in [0, 0.05) is 38.4 Å². The Morgan fingerprint density at radius 1 is 0.958 bits per heavy atom. The van der Waals surface area contributed by atoms with E-state index in [9.17, 15) is 4.39 Å². The average molecular weight is 329 g/mol. The first-order valence-electron chi connectivity index (χ1n) is 8.10. The van der Waals surface area contributed by atoms with Crippen LogP contribution in [0.15, 0.2) is 36.4 Å². The van der Waals surface area contributed by atoms with Crippen LogP contribution in [0.1, 0.15) is 5.56 Å². The summed E-state index contributed by atoms with van der Waals surface area (Å²) in [4.78, 5) is 4.44. The van der Waals surface area contributed by atoms with E-state index in [-0.39, 0.29) is 5.82 Å². The lowest BCUT2D eigenvalue weighted by Gasteiger charge is -2.36. The summed E-state index contributed by atoms with van der Waals surface area (Å²) in [5, 5.41) is 0. The molecule has 5 nitrogen and oxygen atoms in total. The van der Waals surface area contributed by atoms with Crippen LogP contribution >= 0.6 is 0 Å². The average Bonchev–Trinajstić information content (AvgIpc) is 3.04. The van der Waals surface area contributed by atoms with Crippen LogP contribution in [0.4, 0.5) is 15.8 Å². The van der Waals surface area contributed by atoms with Crippen LogP contribution in [0.5, 0.6) is 11.5 Å². The third-order valence-corrected chi connectivity index (χ3v) is 4.53. The van der Waals surface area contributed by atoms with Gasteiger partial charge in [0.05, 0.1) is 5.69 Å². The van der Waals surface area contributed by atoms with Crippen LogP contribution in [-0.4, -0.2) is 37.9 Å². The fourth-order valence-corrected chi connectivity index (χ4v) is 3.22. The quantitative estimate of drug-likeness (QED) is 0.877. The molecule has 0 amide bonds. The van der Waals surface area contributed by atoms with E-state index >= 15 is 0 Å². The molecule has 24 heavy (non-hydrogen) atoms. The van der Waals surface area contributed by atoms with Crippen molar-refractivity contribution in [2.45, 2.75) is 6.54 Å². The molecule has 0 spiro atoms. The highest BCUT2D eigenvalue weighted by molar-refractivity contribution is 5.54. The van der Waals surface area contributed by atoms with Crippen molar-refractivity contribution >= 4 is 11.4 Å². The SMILES string of the molecule is Nc1ccc(N2CCN(Cc3ccc4c(c3)OCO4)CC2)c(F)c1. The predicted molar refractivity (Wildman–Crippen MR) is 90.9 cm³/mol. The number of anilines is 2. The predicted octanol–water partition coefficient (Wildman–Crippen LogP) is 2.46. The van der Waals surface area contributed by atoms with Crippen LogP contribution < -0.4 is 20.1 Å². The molecule has 6 heteroatoms. The van der Waals surface area contributed by atoms with Crippen LogP contribution in [-0.2, 0) is 6.54 Å². The molecule has 0 saturated carbocycles. The minimum Gasteiger partial charge on any atom is -0.454 e. The standard InChI is InChI=1S/C18H20FN3O2/c19-15-10-14(20)2-3-16(15)22-7-5-21(6-8-22)11-13-1-4-17-18(9-13)24-12-23-17/h1-4,9-10H,5-8,11-12,20H2. The van der Waals surface area contributed by atoms with Crippen molar-refractivity contribution in [1.29, 1.82) is 0 Å². The molecule has 1 saturated heterocycles. The summed E-state index contributed by atoms with van der Waals surface area (Å²) in [6.07, 6.45) is 0. The first kappa shape index (κ1) is 15.1. The number of nitrogens with zero attached hydrogens (tertiary/aromatic N) is 2. The molecule has 0 atom stereocenters. The highest BCUT2D eigenvalue weighted by Gasteiger charge is 2.20. The Morgan fingerprint density at radius 3 is 2.54 bits per heavy atom. The zero-order valence-corrected chi connectivity index (χ0v) is 13.4. The second kappa shape index (κ2) is 6.20. The first-order chi connectivity index (χ1) is 11.7. The lowest BCUT2D eigenvalue weighted by Crippen LogP contribution is -2.46. The number of nitrogens with two attached hydrogens (primary N) is 1. The topological polar surface area (TPSA) is 51.0 Å². The van der Waals surface area contributed by atoms with E-state index in [4.69, 9.17) is 15.2 Å². The van der Waals surface area contributed by atoms with Crippen molar-refractivity contribution in [3.05, 3.63) is 47.8 Å². The Hall–Kier alpha value is -2.47. The van der Waals surface area contributed by atoms with Gasteiger partial charge in [0.2, 0.25) is 6.79 Å². The fourth-order valence-electron chi connectivity index (χ4n) is 3.22.